The van der Waals surface area contributed by atoms with Gasteiger partial charge in [0.05, 0.1) is 24.3 Å². The van der Waals surface area contributed by atoms with Gasteiger partial charge in [0.2, 0.25) is 11.1 Å². The monoisotopic (exact) mass is 382 g/mol. The summed E-state index contributed by atoms with van der Waals surface area (Å²) < 4.78 is 5.14. The highest BCUT2D eigenvalue weighted by atomic mass is 32.2. The third-order valence-electron chi connectivity index (χ3n) is 3.55. The lowest BCUT2D eigenvalue weighted by Crippen LogP contribution is -2.03. The highest BCUT2D eigenvalue weighted by Gasteiger charge is 2.10. The molecule has 0 saturated carbocycles. The topological polar surface area (TPSA) is 105 Å². The van der Waals surface area contributed by atoms with Crippen molar-refractivity contribution < 1.29 is 9.53 Å². The Labute approximate surface area is 160 Å². The average molecular weight is 382 g/mol. The van der Waals surface area contributed by atoms with Crippen molar-refractivity contribution in [2.75, 3.05) is 18.3 Å². The van der Waals surface area contributed by atoms with Crippen LogP contribution in [0.3, 0.4) is 0 Å². The van der Waals surface area contributed by atoms with E-state index in [2.05, 4.69) is 30.7 Å². The predicted octanol–water partition coefficient (Wildman–Crippen LogP) is 3.02. The van der Waals surface area contributed by atoms with E-state index in [0.717, 1.165) is 11.4 Å². The number of nitrogens with one attached hydrogen (secondary N) is 2. The molecule has 0 fully saturated rings. The molecule has 0 bridgehead atoms. The van der Waals surface area contributed by atoms with E-state index in [-0.39, 0.29) is 11.5 Å². The minimum Gasteiger partial charge on any atom is -0.497 e. The Balaban J connectivity index is 1.55. The van der Waals surface area contributed by atoms with E-state index < -0.39 is 0 Å². The lowest BCUT2D eigenvalue weighted by Gasteiger charge is -2.02. The smallest absolute Gasteiger partial charge is 0.240 e. The molecule has 27 heavy (non-hydrogen) atoms. The quantitative estimate of drug-likeness (QED) is 0.267. The van der Waals surface area contributed by atoms with Crippen molar-refractivity contribution in [3.8, 4) is 5.75 Å². The van der Waals surface area contributed by atoms with E-state index in [1.165, 1.54) is 11.8 Å². The molecule has 0 saturated heterocycles. The van der Waals surface area contributed by atoms with Crippen molar-refractivity contribution in [1.29, 1.82) is 0 Å². The van der Waals surface area contributed by atoms with E-state index in [1.54, 1.807) is 37.6 Å². The molecule has 2 heterocycles. The van der Waals surface area contributed by atoms with Gasteiger partial charge in [-0.3, -0.25) is 9.78 Å². The van der Waals surface area contributed by atoms with Gasteiger partial charge in [-0.2, -0.15) is 10.1 Å². The van der Waals surface area contributed by atoms with E-state index in [9.17, 15) is 4.79 Å². The Hall–Kier alpha value is -3.20. The summed E-state index contributed by atoms with van der Waals surface area (Å²) in [6.07, 6.45) is 1.71. The number of Topliss-reactive ketones (excluding diaryl/α,β-unsaturated/α-hetero) is 1. The minimum absolute atomic E-state index is 0.0257. The molecule has 2 N–H and O–H groups in total. The first-order chi connectivity index (χ1) is 13.2. The molecule has 1 aromatic carbocycles. The largest absolute Gasteiger partial charge is 0.497 e. The third-order valence-corrected chi connectivity index (χ3v) is 4.40. The van der Waals surface area contributed by atoms with Crippen LogP contribution in [0.2, 0.25) is 0 Å². The molecule has 0 amide bonds. The number of H-pyrrole nitrogens is 1. The zero-order valence-electron chi connectivity index (χ0n) is 14.8. The highest BCUT2D eigenvalue weighted by Crippen LogP contribution is 2.18. The number of anilines is 1. The second-order valence-electron chi connectivity index (χ2n) is 5.43. The van der Waals surface area contributed by atoms with Crippen LogP contribution in [0.25, 0.3) is 0 Å². The lowest BCUT2D eigenvalue weighted by atomic mass is 10.1. The maximum Gasteiger partial charge on any atom is 0.240 e. The van der Waals surface area contributed by atoms with Crippen LogP contribution >= 0.6 is 11.8 Å². The predicted molar refractivity (Wildman–Crippen MR) is 105 cm³/mol. The molecule has 8 nitrogen and oxygen atoms in total. The summed E-state index contributed by atoms with van der Waals surface area (Å²) in [5.41, 5.74) is 4.87. The second kappa shape index (κ2) is 8.95. The molecule has 2 aromatic heterocycles. The van der Waals surface area contributed by atoms with Gasteiger partial charge in [-0.25, -0.2) is 10.5 Å². The van der Waals surface area contributed by atoms with E-state index in [1.807, 2.05) is 25.1 Å². The van der Waals surface area contributed by atoms with E-state index in [0.29, 0.717) is 22.4 Å². The fourth-order valence-electron chi connectivity index (χ4n) is 2.14. The fraction of sp³-hybridized carbons (Fsp3) is 0.167. The number of carbonyl (C=O) groups excluding carboxylic acids is 1. The Morgan fingerprint density at radius 3 is 2.96 bits per heavy atom. The van der Waals surface area contributed by atoms with Gasteiger partial charge in [0, 0.05) is 11.8 Å². The summed E-state index contributed by atoms with van der Waals surface area (Å²) in [4.78, 5) is 20.8. The number of hydrogen-bond acceptors (Lipinski definition) is 8. The summed E-state index contributed by atoms with van der Waals surface area (Å²) in [6.45, 7) is 1.84. The van der Waals surface area contributed by atoms with Crippen molar-refractivity contribution in [3.05, 3.63) is 59.9 Å². The van der Waals surface area contributed by atoms with Gasteiger partial charge in [0.15, 0.2) is 5.78 Å². The van der Waals surface area contributed by atoms with Crippen molar-refractivity contribution in [2.45, 2.75) is 12.1 Å². The van der Waals surface area contributed by atoms with Gasteiger partial charge < -0.3 is 4.74 Å². The average Bonchev–Trinajstić information content (AvgIpc) is 3.18. The van der Waals surface area contributed by atoms with Crippen LogP contribution in [0.5, 0.6) is 5.75 Å². The molecule has 0 radical (unpaired) electrons. The maximum absolute atomic E-state index is 12.3. The van der Waals surface area contributed by atoms with Crippen LogP contribution in [0.15, 0.2) is 58.9 Å². The summed E-state index contributed by atoms with van der Waals surface area (Å²) >= 11 is 1.24. The van der Waals surface area contributed by atoms with Crippen LogP contribution in [0.4, 0.5) is 5.95 Å². The van der Waals surface area contributed by atoms with Gasteiger partial charge >= 0.3 is 0 Å². The van der Waals surface area contributed by atoms with Gasteiger partial charge in [0.1, 0.15) is 5.75 Å². The molecule has 0 aliphatic carbocycles. The number of ether oxygens (including phenoxy) is 1. The molecule has 0 spiro atoms. The number of carbonyl (C=O) groups is 1. The number of aromatic nitrogens is 4. The number of methoxy groups -OCH3 is 1. The first kappa shape index (κ1) is 18.6. The summed E-state index contributed by atoms with van der Waals surface area (Å²) in [7, 11) is 1.57. The molecular formula is C18H18N6O2S. The number of benzene rings is 1. The highest BCUT2D eigenvalue weighted by molar-refractivity contribution is 7.99. The number of pyridine rings is 1. The number of hydrazone groups is 1. The summed E-state index contributed by atoms with van der Waals surface area (Å²) in [5.74, 6) is 1.24. The molecule has 9 heteroatoms. The summed E-state index contributed by atoms with van der Waals surface area (Å²) in [6, 6.07) is 12.7. The Kier molecular flexibility index (Phi) is 6.16. The zero-order valence-corrected chi connectivity index (χ0v) is 15.7. The van der Waals surface area contributed by atoms with Gasteiger partial charge in [0.25, 0.3) is 0 Å². The van der Waals surface area contributed by atoms with Crippen molar-refractivity contribution in [2.24, 2.45) is 5.10 Å². The van der Waals surface area contributed by atoms with Gasteiger partial charge in [-0.1, -0.05) is 30.0 Å². The second-order valence-corrected chi connectivity index (χ2v) is 6.38. The Morgan fingerprint density at radius 1 is 1.30 bits per heavy atom. The number of rotatable bonds is 8. The molecule has 3 aromatic rings. The van der Waals surface area contributed by atoms with Crippen molar-refractivity contribution in [3.63, 3.8) is 0 Å². The molecule has 3 rings (SSSR count). The number of ketones is 1. The number of aromatic amines is 1. The van der Waals surface area contributed by atoms with Crippen LogP contribution in [0, 0.1) is 0 Å². The molecular weight excluding hydrogens is 364 g/mol. The van der Waals surface area contributed by atoms with Crippen molar-refractivity contribution in [1.82, 2.24) is 20.2 Å². The zero-order chi connectivity index (χ0) is 19.1. The summed E-state index contributed by atoms with van der Waals surface area (Å²) in [5, 5.41) is 11.5. The third kappa shape index (κ3) is 5.14. The molecule has 0 aliphatic rings. The molecule has 0 aliphatic heterocycles. The maximum atomic E-state index is 12.3. The van der Waals surface area contributed by atoms with Crippen LogP contribution in [0.1, 0.15) is 23.0 Å². The normalized spacial score (nSPS) is 11.3. The SMILES string of the molecule is COc1cccc(C(=O)CSc2n[nH]c(N/N=C(/C)c3ccccn3)n2)c1. The molecule has 0 atom stereocenters. The van der Waals surface area contributed by atoms with Gasteiger partial charge in [-0.05, 0) is 31.2 Å². The molecule has 138 valence electrons. The van der Waals surface area contributed by atoms with Crippen LogP contribution < -0.4 is 10.2 Å². The fourth-order valence-corrected chi connectivity index (χ4v) is 2.83. The standard InChI is InChI=1S/C18H18N6O2S/c1-12(15-8-3-4-9-19-15)21-22-17-20-18(24-23-17)27-11-16(25)13-6-5-7-14(10-13)26-2/h3-10H,11H2,1-2H3,(H2,20,22,23,24)/b21-12-. The lowest BCUT2D eigenvalue weighted by molar-refractivity contribution is 0.102. The number of thioether (sulfide) groups is 1. The van der Waals surface area contributed by atoms with Crippen molar-refractivity contribution >= 4 is 29.2 Å². The molecule has 0 unspecified atom stereocenters. The number of hydrogen-bond donors (Lipinski definition) is 2. The van der Waals surface area contributed by atoms with E-state index in [4.69, 9.17) is 4.74 Å². The first-order valence-corrected chi connectivity index (χ1v) is 9.08. The van der Waals surface area contributed by atoms with Gasteiger partial charge in [-0.15, -0.1) is 5.10 Å². The van der Waals surface area contributed by atoms with Crippen LogP contribution in [-0.2, 0) is 0 Å². The number of nitrogens with zero attached hydrogens (tertiary/aromatic N) is 4. The Bertz CT molecular complexity index is 942. The minimum atomic E-state index is -0.0257. The van der Waals surface area contributed by atoms with Crippen LogP contribution in [-0.4, -0.2) is 44.5 Å². The van der Waals surface area contributed by atoms with E-state index >= 15 is 0 Å². The Morgan fingerprint density at radius 2 is 2.19 bits per heavy atom. The first-order valence-electron chi connectivity index (χ1n) is 8.10.